The molecule has 1 atom stereocenters. The van der Waals surface area contributed by atoms with E-state index in [0.717, 1.165) is 6.42 Å². The molecular formula is C13H24N2O3. The third-order valence-electron chi connectivity index (χ3n) is 4.40. The number of carbonyl (C=O) groups excluding carboxylic acids is 1. The van der Waals surface area contributed by atoms with Crippen molar-refractivity contribution in [3.8, 4) is 0 Å². The zero-order chi connectivity index (χ0) is 14.0. The summed E-state index contributed by atoms with van der Waals surface area (Å²) in [6, 6.07) is 0. The Morgan fingerprint density at radius 2 is 1.89 bits per heavy atom. The topological polar surface area (TPSA) is 83.6 Å². The minimum Gasteiger partial charge on any atom is -0.479 e. The molecule has 0 saturated carbocycles. The fourth-order valence-corrected chi connectivity index (χ4v) is 2.74. The molecule has 1 aliphatic rings. The van der Waals surface area contributed by atoms with E-state index in [9.17, 15) is 14.7 Å². The van der Waals surface area contributed by atoms with Crippen LogP contribution in [0.5, 0.6) is 0 Å². The van der Waals surface area contributed by atoms with Crippen LogP contribution in [0.4, 0.5) is 0 Å². The Kier molecular flexibility index (Phi) is 4.37. The second kappa shape index (κ2) is 5.26. The minimum absolute atomic E-state index is 0.214. The van der Waals surface area contributed by atoms with E-state index in [-0.39, 0.29) is 5.91 Å². The molecule has 3 N–H and O–H groups in total. The number of carboxylic acid groups (broad SMARTS) is 1. The van der Waals surface area contributed by atoms with Gasteiger partial charge in [0, 0.05) is 6.54 Å². The standard InChI is InChI=1S/C13H24N2O3/c1-4-12(14,5-2)10(16)15-9-7-8-13(15,6-3)11(17)18/h4-9,14H2,1-3H3,(H,17,18). The van der Waals surface area contributed by atoms with Crippen molar-refractivity contribution >= 4 is 11.9 Å². The van der Waals surface area contributed by atoms with Crippen LogP contribution in [-0.2, 0) is 9.59 Å². The van der Waals surface area contributed by atoms with E-state index in [1.807, 2.05) is 20.8 Å². The predicted molar refractivity (Wildman–Crippen MR) is 69.1 cm³/mol. The smallest absolute Gasteiger partial charge is 0.329 e. The van der Waals surface area contributed by atoms with Crippen molar-refractivity contribution in [3.05, 3.63) is 0 Å². The summed E-state index contributed by atoms with van der Waals surface area (Å²) in [4.78, 5) is 25.6. The van der Waals surface area contributed by atoms with E-state index in [2.05, 4.69) is 0 Å². The first-order chi connectivity index (χ1) is 8.38. The maximum absolute atomic E-state index is 12.5. The van der Waals surface area contributed by atoms with Crippen molar-refractivity contribution in [2.45, 2.75) is 64.0 Å². The highest BCUT2D eigenvalue weighted by molar-refractivity contribution is 5.92. The molecule has 1 unspecified atom stereocenters. The van der Waals surface area contributed by atoms with E-state index in [0.29, 0.717) is 32.2 Å². The molecule has 5 nitrogen and oxygen atoms in total. The van der Waals surface area contributed by atoms with Gasteiger partial charge in [0.1, 0.15) is 5.54 Å². The highest BCUT2D eigenvalue weighted by Gasteiger charge is 2.51. The Morgan fingerprint density at radius 1 is 1.33 bits per heavy atom. The lowest BCUT2D eigenvalue weighted by Crippen LogP contribution is -2.61. The SMILES string of the molecule is CCC(N)(CC)C(=O)N1CCCC1(CC)C(=O)O. The minimum atomic E-state index is -1.05. The Bertz CT molecular complexity index is 339. The van der Waals surface area contributed by atoms with E-state index in [4.69, 9.17) is 5.73 Å². The van der Waals surface area contributed by atoms with Crippen molar-refractivity contribution in [1.29, 1.82) is 0 Å². The zero-order valence-electron chi connectivity index (χ0n) is 11.5. The first-order valence-electron chi connectivity index (χ1n) is 6.72. The highest BCUT2D eigenvalue weighted by Crippen LogP contribution is 2.35. The first-order valence-corrected chi connectivity index (χ1v) is 6.72. The summed E-state index contributed by atoms with van der Waals surface area (Å²) in [5, 5.41) is 9.46. The molecule has 5 heteroatoms. The maximum Gasteiger partial charge on any atom is 0.329 e. The number of nitrogens with zero attached hydrogens (tertiary/aromatic N) is 1. The van der Waals surface area contributed by atoms with Crippen LogP contribution in [0.1, 0.15) is 52.9 Å². The van der Waals surface area contributed by atoms with Gasteiger partial charge >= 0.3 is 5.97 Å². The van der Waals surface area contributed by atoms with Crippen molar-refractivity contribution in [2.75, 3.05) is 6.54 Å². The van der Waals surface area contributed by atoms with Crippen LogP contribution in [0.25, 0.3) is 0 Å². The van der Waals surface area contributed by atoms with Gasteiger partial charge in [0.05, 0.1) is 5.54 Å². The van der Waals surface area contributed by atoms with Crippen LogP contribution in [0.15, 0.2) is 0 Å². The normalized spacial score (nSPS) is 24.3. The van der Waals surface area contributed by atoms with Gasteiger partial charge in [-0.2, -0.15) is 0 Å². The summed E-state index contributed by atoms with van der Waals surface area (Å²) >= 11 is 0. The maximum atomic E-state index is 12.5. The number of hydrogen-bond donors (Lipinski definition) is 2. The fraction of sp³-hybridized carbons (Fsp3) is 0.846. The van der Waals surface area contributed by atoms with Crippen LogP contribution in [0.2, 0.25) is 0 Å². The number of rotatable bonds is 5. The molecule has 1 rings (SSSR count). The molecule has 0 aromatic heterocycles. The van der Waals surface area contributed by atoms with Crippen LogP contribution < -0.4 is 5.73 Å². The molecule has 0 bridgehead atoms. The Morgan fingerprint density at radius 3 is 2.28 bits per heavy atom. The van der Waals surface area contributed by atoms with Gasteiger partial charge in [0.15, 0.2) is 0 Å². The van der Waals surface area contributed by atoms with Crippen molar-refractivity contribution < 1.29 is 14.7 Å². The number of carboxylic acids is 1. The number of carbonyl (C=O) groups is 2. The first kappa shape index (κ1) is 15.0. The summed E-state index contributed by atoms with van der Waals surface area (Å²) in [6.45, 7) is 6.05. The lowest BCUT2D eigenvalue weighted by molar-refractivity contribution is -0.159. The molecule has 1 heterocycles. The quantitative estimate of drug-likeness (QED) is 0.778. The highest BCUT2D eigenvalue weighted by atomic mass is 16.4. The number of nitrogens with two attached hydrogens (primary N) is 1. The molecule has 0 radical (unpaired) electrons. The summed E-state index contributed by atoms with van der Waals surface area (Å²) < 4.78 is 0. The van der Waals surface area contributed by atoms with Gasteiger partial charge < -0.3 is 15.7 Å². The number of amides is 1. The summed E-state index contributed by atoms with van der Waals surface area (Å²) in [5.41, 5.74) is 4.13. The van der Waals surface area contributed by atoms with Crippen molar-refractivity contribution in [1.82, 2.24) is 4.90 Å². The Labute approximate surface area is 108 Å². The van der Waals surface area contributed by atoms with Gasteiger partial charge in [-0.15, -0.1) is 0 Å². The molecule has 1 saturated heterocycles. The summed E-state index contributed by atoms with van der Waals surface area (Å²) in [7, 11) is 0. The van der Waals surface area contributed by atoms with E-state index >= 15 is 0 Å². The molecule has 1 fully saturated rings. The van der Waals surface area contributed by atoms with Gasteiger partial charge in [-0.25, -0.2) is 4.79 Å². The lowest BCUT2D eigenvalue weighted by Gasteiger charge is -2.39. The molecule has 104 valence electrons. The number of likely N-dealkylation sites (tertiary alicyclic amines) is 1. The number of aliphatic carboxylic acids is 1. The van der Waals surface area contributed by atoms with Gasteiger partial charge in [-0.3, -0.25) is 4.79 Å². The molecule has 0 spiro atoms. The van der Waals surface area contributed by atoms with Crippen LogP contribution in [0, 0.1) is 0 Å². The van der Waals surface area contributed by atoms with Gasteiger partial charge in [-0.1, -0.05) is 20.8 Å². The molecule has 0 aromatic rings. The second-order valence-electron chi connectivity index (χ2n) is 5.11. The van der Waals surface area contributed by atoms with Crippen LogP contribution in [-0.4, -0.2) is 39.5 Å². The molecule has 1 amide bonds. The average molecular weight is 256 g/mol. The van der Waals surface area contributed by atoms with Crippen molar-refractivity contribution in [3.63, 3.8) is 0 Å². The second-order valence-corrected chi connectivity index (χ2v) is 5.11. The van der Waals surface area contributed by atoms with Crippen molar-refractivity contribution in [2.24, 2.45) is 5.73 Å². The zero-order valence-corrected chi connectivity index (χ0v) is 11.5. The molecular weight excluding hydrogens is 232 g/mol. The van der Waals surface area contributed by atoms with E-state index in [1.165, 1.54) is 4.90 Å². The summed E-state index contributed by atoms with van der Waals surface area (Å²) in [5.74, 6) is -1.13. The van der Waals surface area contributed by atoms with Gasteiger partial charge in [0.25, 0.3) is 0 Å². The monoisotopic (exact) mass is 256 g/mol. The third kappa shape index (κ3) is 2.11. The number of hydrogen-bond acceptors (Lipinski definition) is 3. The molecule has 1 aliphatic heterocycles. The molecule has 0 aliphatic carbocycles. The fourth-order valence-electron chi connectivity index (χ4n) is 2.74. The largest absolute Gasteiger partial charge is 0.479 e. The van der Waals surface area contributed by atoms with Gasteiger partial charge in [0.2, 0.25) is 5.91 Å². The van der Waals surface area contributed by atoms with Crippen LogP contribution in [0.3, 0.4) is 0 Å². The average Bonchev–Trinajstić information content (AvgIpc) is 2.81. The van der Waals surface area contributed by atoms with Gasteiger partial charge in [-0.05, 0) is 32.1 Å². The predicted octanol–water partition coefficient (Wildman–Crippen LogP) is 1.36. The van der Waals surface area contributed by atoms with E-state index in [1.54, 1.807) is 0 Å². The summed E-state index contributed by atoms with van der Waals surface area (Å²) in [6.07, 6.45) is 2.73. The third-order valence-corrected chi connectivity index (χ3v) is 4.40. The lowest BCUT2D eigenvalue weighted by atomic mass is 9.88. The molecule has 0 aromatic carbocycles. The van der Waals surface area contributed by atoms with E-state index < -0.39 is 17.0 Å². The Hall–Kier alpha value is -1.10. The van der Waals surface area contributed by atoms with Crippen LogP contribution >= 0.6 is 0 Å². The molecule has 18 heavy (non-hydrogen) atoms. The Balaban J connectivity index is 3.08.